The second kappa shape index (κ2) is 5.68. The summed E-state index contributed by atoms with van der Waals surface area (Å²) in [4.78, 5) is 0. The monoisotopic (exact) mass is 291 g/mol. The molecule has 0 spiro atoms. The van der Waals surface area contributed by atoms with Crippen molar-refractivity contribution in [2.24, 2.45) is 0 Å². The first-order chi connectivity index (χ1) is 10.6. The molecule has 1 heterocycles. The molecule has 0 amide bonds. The Bertz CT molecular complexity index is 801. The van der Waals surface area contributed by atoms with E-state index in [9.17, 15) is 0 Å². The van der Waals surface area contributed by atoms with Gasteiger partial charge in [-0.15, -0.1) is 0 Å². The van der Waals surface area contributed by atoms with E-state index in [1.807, 2.05) is 29.8 Å². The molecule has 0 aliphatic carbocycles. The number of nitrogens with two attached hydrogens (primary N) is 1. The third kappa shape index (κ3) is 2.62. The van der Waals surface area contributed by atoms with Gasteiger partial charge in [0, 0.05) is 11.1 Å². The fourth-order valence-corrected chi connectivity index (χ4v) is 2.69. The molecule has 3 nitrogen and oxygen atoms in total. The third-order valence-corrected chi connectivity index (χ3v) is 4.06. The van der Waals surface area contributed by atoms with E-state index in [0.717, 1.165) is 22.6 Å². The molecule has 0 aliphatic rings. The lowest BCUT2D eigenvalue weighted by Gasteiger charge is -2.05. The Hall–Kier alpha value is -2.55. The van der Waals surface area contributed by atoms with E-state index in [1.54, 1.807) is 0 Å². The van der Waals surface area contributed by atoms with E-state index >= 15 is 0 Å². The number of anilines is 1. The number of rotatable bonds is 3. The van der Waals surface area contributed by atoms with Crippen molar-refractivity contribution < 1.29 is 0 Å². The third-order valence-electron chi connectivity index (χ3n) is 4.06. The molecule has 0 aliphatic heterocycles. The molecule has 22 heavy (non-hydrogen) atoms. The molecular weight excluding hydrogens is 270 g/mol. The first-order valence-corrected chi connectivity index (χ1v) is 7.50. The van der Waals surface area contributed by atoms with E-state index in [0.29, 0.717) is 6.54 Å². The van der Waals surface area contributed by atoms with Crippen LogP contribution in [0.1, 0.15) is 22.3 Å². The number of hydrogen-bond donors (Lipinski definition) is 1. The predicted molar refractivity (Wildman–Crippen MR) is 91.8 cm³/mol. The Labute approximate surface area is 131 Å². The number of aryl methyl sites for hydroxylation is 2. The van der Waals surface area contributed by atoms with E-state index in [1.165, 1.54) is 16.7 Å². The van der Waals surface area contributed by atoms with Crippen LogP contribution in [0.2, 0.25) is 0 Å². The maximum atomic E-state index is 6.28. The van der Waals surface area contributed by atoms with Crippen LogP contribution in [-0.4, -0.2) is 9.78 Å². The Morgan fingerprint density at radius 1 is 1.00 bits per heavy atom. The summed E-state index contributed by atoms with van der Waals surface area (Å²) in [6, 6.07) is 16.7. The van der Waals surface area contributed by atoms with Crippen LogP contribution < -0.4 is 5.73 Å². The van der Waals surface area contributed by atoms with Gasteiger partial charge in [-0.05, 0) is 38.0 Å². The number of hydrogen-bond acceptors (Lipinski definition) is 2. The van der Waals surface area contributed by atoms with Crippen molar-refractivity contribution in [1.29, 1.82) is 0 Å². The number of benzene rings is 2. The molecule has 0 saturated heterocycles. The maximum Gasteiger partial charge on any atom is 0.125 e. The Balaban J connectivity index is 2.04. The van der Waals surface area contributed by atoms with Gasteiger partial charge in [-0.1, -0.05) is 48.0 Å². The minimum Gasteiger partial charge on any atom is -0.384 e. The van der Waals surface area contributed by atoms with Gasteiger partial charge in [0.25, 0.3) is 0 Å². The highest BCUT2D eigenvalue weighted by Gasteiger charge is 2.15. The predicted octanol–water partition coefficient (Wildman–Crippen LogP) is 4.11. The highest BCUT2D eigenvalue weighted by atomic mass is 15.3. The van der Waals surface area contributed by atoms with Crippen LogP contribution in [0, 0.1) is 20.8 Å². The summed E-state index contributed by atoms with van der Waals surface area (Å²) in [5.74, 6) is 0.736. The Kier molecular flexibility index (Phi) is 3.72. The lowest BCUT2D eigenvalue weighted by molar-refractivity contribution is 0.699. The first-order valence-electron chi connectivity index (χ1n) is 7.50. The molecule has 0 atom stereocenters. The molecule has 2 N–H and O–H groups in total. The smallest absolute Gasteiger partial charge is 0.125 e. The van der Waals surface area contributed by atoms with Crippen molar-refractivity contribution in [2.45, 2.75) is 27.3 Å². The first kappa shape index (κ1) is 14.4. The van der Waals surface area contributed by atoms with Crippen molar-refractivity contribution in [3.63, 3.8) is 0 Å². The van der Waals surface area contributed by atoms with Gasteiger partial charge in [0.15, 0.2) is 0 Å². The summed E-state index contributed by atoms with van der Waals surface area (Å²) < 4.78 is 1.89. The van der Waals surface area contributed by atoms with Crippen molar-refractivity contribution >= 4 is 5.82 Å². The summed E-state index contributed by atoms with van der Waals surface area (Å²) in [5.41, 5.74) is 13.1. The molecule has 0 unspecified atom stereocenters. The summed E-state index contributed by atoms with van der Waals surface area (Å²) in [5, 5.41) is 4.77. The van der Waals surface area contributed by atoms with Crippen LogP contribution in [0.5, 0.6) is 0 Å². The quantitative estimate of drug-likeness (QED) is 0.789. The van der Waals surface area contributed by atoms with E-state index in [4.69, 9.17) is 10.8 Å². The zero-order valence-electron chi connectivity index (χ0n) is 13.3. The molecule has 2 aromatic carbocycles. The molecule has 0 radical (unpaired) electrons. The van der Waals surface area contributed by atoms with Crippen LogP contribution in [0.3, 0.4) is 0 Å². The largest absolute Gasteiger partial charge is 0.384 e. The molecule has 0 saturated carbocycles. The minimum absolute atomic E-state index is 0.693. The standard InChI is InChI=1S/C19H21N3/c1-13-9-10-14(2)17(11-13)18-15(3)19(20)22(21-18)12-16-7-5-4-6-8-16/h4-11H,12,20H2,1-3H3. The zero-order chi connectivity index (χ0) is 15.7. The van der Waals surface area contributed by atoms with Gasteiger partial charge >= 0.3 is 0 Å². The lowest BCUT2D eigenvalue weighted by Crippen LogP contribution is -2.06. The van der Waals surface area contributed by atoms with Crippen molar-refractivity contribution in [3.05, 3.63) is 70.8 Å². The van der Waals surface area contributed by atoms with Crippen molar-refractivity contribution in [2.75, 3.05) is 5.73 Å². The summed E-state index contributed by atoms with van der Waals surface area (Å²) in [7, 11) is 0. The van der Waals surface area contributed by atoms with Gasteiger partial charge in [0.2, 0.25) is 0 Å². The number of nitrogens with zero attached hydrogens (tertiary/aromatic N) is 2. The second-order valence-electron chi connectivity index (χ2n) is 5.82. The average molecular weight is 291 g/mol. The normalized spacial score (nSPS) is 10.9. The summed E-state index contributed by atoms with van der Waals surface area (Å²) >= 11 is 0. The molecule has 3 rings (SSSR count). The van der Waals surface area contributed by atoms with Gasteiger partial charge in [0.05, 0.1) is 12.2 Å². The van der Waals surface area contributed by atoms with Gasteiger partial charge in [0.1, 0.15) is 5.82 Å². The lowest BCUT2D eigenvalue weighted by atomic mass is 10.0. The van der Waals surface area contributed by atoms with Crippen LogP contribution in [0.25, 0.3) is 11.3 Å². The number of aromatic nitrogens is 2. The van der Waals surface area contributed by atoms with Gasteiger partial charge < -0.3 is 5.73 Å². The van der Waals surface area contributed by atoms with E-state index in [2.05, 4.69) is 44.2 Å². The van der Waals surface area contributed by atoms with Crippen LogP contribution in [-0.2, 0) is 6.54 Å². The van der Waals surface area contributed by atoms with Gasteiger partial charge in [-0.3, -0.25) is 0 Å². The van der Waals surface area contributed by atoms with Crippen LogP contribution in [0.4, 0.5) is 5.82 Å². The van der Waals surface area contributed by atoms with Crippen molar-refractivity contribution in [1.82, 2.24) is 9.78 Å². The fourth-order valence-electron chi connectivity index (χ4n) is 2.69. The molecule has 0 bridgehead atoms. The van der Waals surface area contributed by atoms with E-state index in [-0.39, 0.29) is 0 Å². The SMILES string of the molecule is Cc1ccc(C)c(-c2nn(Cc3ccccc3)c(N)c2C)c1. The Morgan fingerprint density at radius 3 is 2.45 bits per heavy atom. The van der Waals surface area contributed by atoms with Crippen LogP contribution >= 0.6 is 0 Å². The molecule has 3 aromatic rings. The van der Waals surface area contributed by atoms with E-state index < -0.39 is 0 Å². The molecule has 3 heteroatoms. The van der Waals surface area contributed by atoms with Crippen molar-refractivity contribution in [3.8, 4) is 11.3 Å². The summed E-state index contributed by atoms with van der Waals surface area (Å²) in [6.07, 6.45) is 0. The summed E-state index contributed by atoms with van der Waals surface area (Å²) in [6.45, 7) is 6.95. The maximum absolute atomic E-state index is 6.28. The molecular formula is C19H21N3. The Morgan fingerprint density at radius 2 is 1.73 bits per heavy atom. The topological polar surface area (TPSA) is 43.8 Å². The fraction of sp³-hybridized carbons (Fsp3) is 0.211. The highest BCUT2D eigenvalue weighted by molar-refractivity contribution is 5.71. The number of nitrogen functional groups attached to an aromatic ring is 1. The minimum atomic E-state index is 0.693. The molecule has 1 aromatic heterocycles. The second-order valence-corrected chi connectivity index (χ2v) is 5.82. The van der Waals surface area contributed by atoms with Crippen LogP contribution in [0.15, 0.2) is 48.5 Å². The van der Waals surface area contributed by atoms with Gasteiger partial charge in [-0.2, -0.15) is 5.10 Å². The van der Waals surface area contributed by atoms with Gasteiger partial charge in [-0.25, -0.2) is 4.68 Å². The molecule has 112 valence electrons. The highest BCUT2D eigenvalue weighted by Crippen LogP contribution is 2.29. The zero-order valence-corrected chi connectivity index (χ0v) is 13.3. The average Bonchev–Trinajstić information content (AvgIpc) is 2.79. The molecule has 0 fully saturated rings.